The quantitative estimate of drug-likeness (QED) is 0.272. The molecule has 1 unspecified atom stereocenters. The van der Waals surface area contributed by atoms with E-state index >= 15 is 0 Å². The van der Waals surface area contributed by atoms with Gasteiger partial charge >= 0.3 is 0 Å². The van der Waals surface area contributed by atoms with Crippen LogP contribution in [0.3, 0.4) is 0 Å². The summed E-state index contributed by atoms with van der Waals surface area (Å²) in [5.41, 5.74) is 2.10. The fourth-order valence-electron chi connectivity index (χ4n) is 2.86. The molecule has 0 radical (unpaired) electrons. The first-order chi connectivity index (χ1) is 14.4. The second kappa shape index (κ2) is 14.4. The van der Waals surface area contributed by atoms with Crippen LogP contribution in [0, 0.1) is 0 Å². The Balaban J connectivity index is 0.00000480. The van der Waals surface area contributed by atoms with Gasteiger partial charge in [-0.15, -0.1) is 35.3 Å². The van der Waals surface area contributed by atoms with Crippen LogP contribution in [0.1, 0.15) is 42.6 Å². The molecule has 0 aliphatic heterocycles. The van der Waals surface area contributed by atoms with E-state index in [4.69, 9.17) is 4.74 Å². The van der Waals surface area contributed by atoms with Gasteiger partial charge < -0.3 is 19.9 Å². The average Bonchev–Trinajstić information content (AvgIpc) is 3.21. The average molecular weight is 560 g/mol. The minimum Gasteiger partial charge on any atom is -0.375 e. The maximum Gasteiger partial charge on any atom is 0.224 e. The molecule has 0 aliphatic rings. The van der Waals surface area contributed by atoms with Crippen LogP contribution in [0.5, 0.6) is 0 Å². The number of carbonyl (C=O) groups excluding carboxylic acids is 1. The van der Waals surface area contributed by atoms with Crippen LogP contribution in [0.25, 0.3) is 0 Å². The Morgan fingerprint density at radius 1 is 1.23 bits per heavy atom. The van der Waals surface area contributed by atoms with Gasteiger partial charge in [-0.1, -0.05) is 30.3 Å². The first-order valence-electron chi connectivity index (χ1n) is 10.2. The van der Waals surface area contributed by atoms with Gasteiger partial charge in [0, 0.05) is 46.1 Å². The van der Waals surface area contributed by atoms with Crippen LogP contribution in [0.4, 0.5) is 0 Å². The topological polar surface area (TPSA) is 70.1 Å². The van der Waals surface area contributed by atoms with Gasteiger partial charge in [-0.05, 0) is 19.4 Å². The molecule has 0 saturated heterocycles. The third kappa shape index (κ3) is 9.12. The van der Waals surface area contributed by atoms with Gasteiger partial charge in [0.15, 0.2) is 5.96 Å². The van der Waals surface area contributed by atoms with Crippen LogP contribution in [-0.4, -0.2) is 60.9 Å². The molecule has 1 heterocycles. The number of nitrogens with zero attached hydrogens (tertiary/aromatic N) is 4. The smallest absolute Gasteiger partial charge is 0.224 e. The minimum absolute atomic E-state index is 0. The first-order valence-corrected chi connectivity index (χ1v) is 11.1. The summed E-state index contributed by atoms with van der Waals surface area (Å²) in [6.07, 6.45) is 0.369. The van der Waals surface area contributed by atoms with Gasteiger partial charge in [-0.3, -0.25) is 9.79 Å². The number of hydrogen-bond acceptors (Lipinski definition) is 5. The zero-order chi connectivity index (χ0) is 21.9. The number of thiazole rings is 1. The largest absolute Gasteiger partial charge is 0.375 e. The van der Waals surface area contributed by atoms with Gasteiger partial charge in [-0.2, -0.15) is 0 Å². The summed E-state index contributed by atoms with van der Waals surface area (Å²) in [5, 5.41) is 6.30. The van der Waals surface area contributed by atoms with Crippen molar-refractivity contribution in [1.82, 2.24) is 20.1 Å². The maximum atomic E-state index is 12.4. The van der Waals surface area contributed by atoms with Gasteiger partial charge in [0.05, 0.1) is 18.8 Å². The molecule has 9 heteroatoms. The molecule has 1 atom stereocenters. The van der Waals surface area contributed by atoms with E-state index in [-0.39, 0.29) is 36.0 Å². The van der Waals surface area contributed by atoms with Crippen molar-refractivity contribution in [2.75, 3.05) is 34.3 Å². The number of guanidine groups is 1. The maximum absolute atomic E-state index is 12.4. The lowest BCUT2D eigenvalue weighted by molar-refractivity contribution is -0.130. The molecule has 0 bridgehead atoms. The predicted octanol–water partition coefficient (Wildman–Crippen LogP) is 3.91. The molecule has 2 rings (SSSR count). The Hall–Kier alpha value is -1.72. The Morgan fingerprint density at radius 3 is 2.58 bits per heavy atom. The van der Waals surface area contributed by atoms with Gasteiger partial charge in [0.1, 0.15) is 11.1 Å². The van der Waals surface area contributed by atoms with Crippen LogP contribution >= 0.6 is 35.3 Å². The predicted molar refractivity (Wildman–Crippen MR) is 138 cm³/mol. The SMILES string of the molecule is CCNC(=NCCC(=O)N(C)Cc1ccccc1)N(C)Cc1csc(C(C)OC)n1.I. The summed E-state index contributed by atoms with van der Waals surface area (Å²) in [6.45, 7) is 6.46. The van der Waals surface area contributed by atoms with Crippen molar-refractivity contribution in [2.24, 2.45) is 4.99 Å². The third-order valence-electron chi connectivity index (χ3n) is 4.64. The number of aromatic nitrogens is 1. The van der Waals surface area contributed by atoms with Gasteiger partial charge in [0.25, 0.3) is 0 Å². The number of rotatable bonds is 10. The number of methoxy groups -OCH3 is 1. The second-order valence-electron chi connectivity index (χ2n) is 7.13. The van der Waals surface area contributed by atoms with Crippen LogP contribution in [-0.2, 0) is 22.6 Å². The normalized spacial score (nSPS) is 12.1. The minimum atomic E-state index is -0.00477. The lowest BCUT2D eigenvalue weighted by Gasteiger charge is -2.21. The fraction of sp³-hybridized carbons (Fsp3) is 0.500. The number of benzene rings is 1. The molecule has 31 heavy (non-hydrogen) atoms. The molecule has 172 valence electrons. The number of nitrogens with one attached hydrogen (secondary N) is 1. The molecule has 2 aromatic rings. The fourth-order valence-corrected chi connectivity index (χ4v) is 3.71. The first kappa shape index (κ1) is 27.3. The van der Waals surface area contributed by atoms with Crippen molar-refractivity contribution in [3.8, 4) is 0 Å². The van der Waals surface area contributed by atoms with Crippen molar-refractivity contribution >= 4 is 47.2 Å². The lowest BCUT2D eigenvalue weighted by Crippen LogP contribution is -2.38. The number of hydrogen-bond donors (Lipinski definition) is 1. The standard InChI is InChI=1S/C22H33N5O2S.HI/c1-6-23-22(27(4)15-19-16-30-21(25-19)17(2)29-5)24-13-12-20(28)26(3)14-18-10-8-7-9-11-18;/h7-11,16-17H,6,12-15H2,1-5H3,(H,23,24);1H. The van der Waals surface area contributed by atoms with E-state index in [0.717, 1.165) is 28.8 Å². The van der Waals surface area contributed by atoms with Crippen molar-refractivity contribution < 1.29 is 9.53 Å². The highest BCUT2D eigenvalue weighted by Gasteiger charge is 2.13. The summed E-state index contributed by atoms with van der Waals surface area (Å²) in [7, 11) is 5.49. The molecular weight excluding hydrogens is 525 g/mol. The molecule has 0 spiro atoms. The molecule has 0 saturated carbocycles. The lowest BCUT2D eigenvalue weighted by atomic mass is 10.2. The molecule has 7 nitrogen and oxygen atoms in total. The van der Waals surface area contributed by atoms with E-state index in [9.17, 15) is 4.79 Å². The van der Waals surface area contributed by atoms with E-state index < -0.39 is 0 Å². The molecule has 0 fully saturated rings. The van der Waals surface area contributed by atoms with E-state index in [1.807, 2.05) is 68.6 Å². The van der Waals surface area contributed by atoms with Gasteiger partial charge in [0.2, 0.25) is 5.91 Å². The Morgan fingerprint density at radius 2 is 1.94 bits per heavy atom. The zero-order valence-electron chi connectivity index (χ0n) is 19.0. The molecule has 1 amide bonds. The summed E-state index contributed by atoms with van der Waals surface area (Å²) in [6, 6.07) is 9.99. The van der Waals surface area contributed by atoms with E-state index in [1.165, 1.54) is 0 Å². The number of amides is 1. The van der Waals surface area contributed by atoms with Crippen molar-refractivity contribution in [1.29, 1.82) is 0 Å². The Kier molecular flexibility index (Phi) is 12.7. The number of aliphatic imine (C=N–C) groups is 1. The van der Waals surface area contributed by atoms with Crippen LogP contribution in [0.15, 0.2) is 40.7 Å². The third-order valence-corrected chi connectivity index (χ3v) is 5.70. The number of halogens is 1. The highest BCUT2D eigenvalue weighted by molar-refractivity contribution is 14.0. The summed E-state index contributed by atoms with van der Waals surface area (Å²) in [4.78, 5) is 25.5. The molecule has 0 aliphatic carbocycles. The highest BCUT2D eigenvalue weighted by Crippen LogP contribution is 2.20. The second-order valence-corrected chi connectivity index (χ2v) is 8.02. The number of carbonyl (C=O) groups is 1. The zero-order valence-corrected chi connectivity index (χ0v) is 22.1. The van der Waals surface area contributed by atoms with E-state index in [0.29, 0.717) is 26.1 Å². The molecule has 1 N–H and O–H groups in total. The molecular formula is C22H34IN5O2S. The highest BCUT2D eigenvalue weighted by atomic mass is 127. The molecule has 1 aromatic carbocycles. The number of ether oxygens (including phenoxy) is 1. The summed E-state index contributed by atoms with van der Waals surface area (Å²) >= 11 is 1.60. The Labute approximate surface area is 206 Å². The monoisotopic (exact) mass is 559 g/mol. The Bertz CT molecular complexity index is 815. The van der Waals surface area contributed by atoms with Crippen LogP contribution < -0.4 is 5.32 Å². The van der Waals surface area contributed by atoms with E-state index in [2.05, 4.69) is 15.3 Å². The summed E-state index contributed by atoms with van der Waals surface area (Å²) in [5.74, 6) is 0.851. The van der Waals surface area contributed by atoms with Crippen molar-refractivity contribution in [2.45, 2.75) is 39.5 Å². The van der Waals surface area contributed by atoms with Crippen molar-refractivity contribution in [3.63, 3.8) is 0 Å². The van der Waals surface area contributed by atoms with E-state index in [1.54, 1.807) is 23.3 Å². The van der Waals surface area contributed by atoms with Gasteiger partial charge in [-0.25, -0.2) is 4.98 Å². The summed E-state index contributed by atoms with van der Waals surface area (Å²) < 4.78 is 5.34. The molecule has 1 aromatic heterocycles. The van der Waals surface area contributed by atoms with Crippen LogP contribution in [0.2, 0.25) is 0 Å². The van der Waals surface area contributed by atoms with Crippen molar-refractivity contribution in [3.05, 3.63) is 52.0 Å².